The van der Waals surface area contributed by atoms with E-state index in [-0.39, 0.29) is 6.61 Å². The third-order valence-electron chi connectivity index (χ3n) is 1.60. The number of halogens is 2. The van der Waals surface area contributed by atoms with Crippen LogP contribution in [-0.2, 0) is 14.3 Å². The Balaban J connectivity index is 3.91. The predicted molar refractivity (Wildman–Crippen MR) is 44.5 cm³/mol. The van der Waals surface area contributed by atoms with Crippen LogP contribution in [0.2, 0.25) is 0 Å². The monoisotopic (exact) mass is 212 g/mol. The van der Waals surface area contributed by atoms with Crippen LogP contribution in [0.1, 0.15) is 13.8 Å². The molecule has 0 saturated carbocycles. The number of carbonyl (C=O) groups is 1. The van der Waals surface area contributed by atoms with Crippen molar-refractivity contribution in [3.63, 3.8) is 0 Å². The Kier molecular flexibility index (Phi) is 4.41. The van der Waals surface area contributed by atoms with E-state index in [1.165, 1.54) is 7.11 Å². The van der Waals surface area contributed by atoms with E-state index in [1.54, 1.807) is 13.8 Å². The molecule has 0 unspecified atom stereocenters. The van der Waals surface area contributed by atoms with Crippen LogP contribution in [-0.4, -0.2) is 42.9 Å². The average Bonchev–Trinajstić information content (AvgIpc) is 2.03. The summed E-state index contributed by atoms with van der Waals surface area (Å²) in [6.07, 6.45) is 0. The maximum absolute atomic E-state index is 12.5. The fourth-order valence-electron chi connectivity index (χ4n) is 0.546. The van der Waals surface area contributed by atoms with Gasteiger partial charge in [-0.05, 0) is 13.8 Å². The summed E-state index contributed by atoms with van der Waals surface area (Å²) in [5.74, 6) is -6.03. The minimum atomic E-state index is -3.84. The lowest BCUT2D eigenvalue weighted by Crippen LogP contribution is -2.37. The summed E-state index contributed by atoms with van der Waals surface area (Å²) in [5, 5.41) is 8.07. The van der Waals surface area contributed by atoms with Crippen molar-refractivity contribution in [1.82, 2.24) is 0 Å². The molecule has 0 heterocycles. The molecule has 0 aliphatic heterocycles. The molecule has 4 nitrogen and oxygen atoms in total. The largest absolute Gasteiger partial charge is 0.477 e. The van der Waals surface area contributed by atoms with E-state index in [4.69, 9.17) is 9.84 Å². The fraction of sp³-hybridized carbons (Fsp3) is 0.875. The molecule has 0 fully saturated rings. The van der Waals surface area contributed by atoms with Gasteiger partial charge in [0, 0.05) is 7.11 Å². The lowest BCUT2D eigenvalue weighted by molar-refractivity contribution is -0.177. The van der Waals surface area contributed by atoms with Crippen molar-refractivity contribution in [2.24, 2.45) is 0 Å². The highest BCUT2D eigenvalue weighted by molar-refractivity contribution is 5.75. The molecule has 0 aromatic rings. The standard InChI is InChI=1S/C8H14F2O4/c1-7(2,13-3)4-14-5-8(9,10)6(11)12/h4-5H2,1-3H3,(H,11,12). The Labute approximate surface area is 80.8 Å². The summed E-state index contributed by atoms with van der Waals surface area (Å²) in [5.41, 5.74) is -0.700. The summed E-state index contributed by atoms with van der Waals surface area (Å²) in [6, 6.07) is 0. The van der Waals surface area contributed by atoms with Gasteiger partial charge >= 0.3 is 11.9 Å². The second kappa shape index (κ2) is 4.65. The normalized spacial score (nSPS) is 12.9. The van der Waals surface area contributed by atoms with Crippen LogP contribution < -0.4 is 0 Å². The SMILES string of the molecule is COC(C)(C)COCC(F)(F)C(=O)O. The van der Waals surface area contributed by atoms with E-state index in [0.29, 0.717) is 0 Å². The zero-order valence-corrected chi connectivity index (χ0v) is 8.34. The number of rotatable bonds is 6. The third kappa shape index (κ3) is 4.48. The number of carboxylic acid groups (broad SMARTS) is 1. The second-order valence-corrected chi connectivity index (χ2v) is 3.47. The second-order valence-electron chi connectivity index (χ2n) is 3.47. The van der Waals surface area contributed by atoms with E-state index >= 15 is 0 Å². The van der Waals surface area contributed by atoms with Crippen LogP contribution in [0, 0.1) is 0 Å². The Hall–Kier alpha value is -0.750. The van der Waals surface area contributed by atoms with Crippen molar-refractivity contribution >= 4 is 5.97 Å². The van der Waals surface area contributed by atoms with Crippen molar-refractivity contribution in [1.29, 1.82) is 0 Å². The lowest BCUT2D eigenvalue weighted by Gasteiger charge is -2.23. The Morgan fingerprint density at radius 2 is 1.86 bits per heavy atom. The number of carboxylic acids is 1. The molecule has 14 heavy (non-hydrogen) atoms. The Morgan fingerprint density at radius 3 is 2.21 bits per heavy atom. The minimum absolute atomic E-state index is 0.0909. The number of hydrogen-bond acceptors (Lipinski definition) is 3. The molecular weight excluding hydrogens is 198 g/mol. The first-order chi connectivity index (χ1) is 6.21. The summed E-state index contributed by atoms with van der Waals surface area (Å²) in [4.78, 5) is 9.98. The van der Waals surface area contributed by atoms with Crippen molar-refractivity contribution in [2.45, 2.75) is 25.4 Å². The van der Waals surface area contributed by atoms with Gasteiger partial charge in [-0.2, -0.15) is 8.78 Å². The van der Waals surface area contributed by atoms with Gasteiger partial charge in [-0.15, -0.1) is 0 Å². The van der Waals surface area contributed by atoms with Crippen molar-refractivity contribution in [3.8, 4) is 0 Å². The molecular formula is C8H14F2O4. The fourth-order valence-corrected chi connectivity index (χ4v) is 0.546. The number of ether oxygens (including phenoxy) is 2. The van der Waals surface area contributed by atoms with E-state index in [0.717, 1.165) is 0 Å². The maximum atomic E-state index is 12.5. The van der Waals surface area contributed by atoms with E-state index in [2.05, 4.69) is 4.74 Å². The highest BCUT2D eigenvalue weighted by atomic mass is 19.3. The van der Waals surface area contributed by atoms with Gasteiger partial charge in [0.25, 0.3) is 0 Å². The molecule has 0 bridgehead atoms. The van der Waals surface area contributed by atoms with Gasteiger partial charge < -0.3 is 14.6 Å². The zero-order valence-electron chi connectivity index (χ0n) is 8.34. The first-order valence-corrected chi connectivity index (χ1v) is 3.95. The van der Waals surface area contributed by atoms with Gasteiger partial charge in [-0.3, -0.25) is 0 Å². The molecule has 0 radical (unpaired) electrons. The molecule has 0 aliphatic carbocycles. The third-order valence-corrected chi connectivity index (χ3v) is 1.60. The smallest absolute Gasteiger partial charge is 0.377 e. The van der Waals surface area contributed by atoms with E-state index in [1.807, 2.05) is 0 Å². The molecule has 0 atom stereocenters. The van der Waals surface area contributed by atoms with Crippen molar-refractivity contribution in [3.05, 3.63) is 0 Å². The Morgan fingerprint density at radius 1 is 1.36 bits per heavy atom. The maximum Gasteiger partial charge on any atom is 0.377 e. The van der Waals surface area contributed by atoms with E-state index in [9.17, 15) is 13.6 Å². The van der Waals surface area contributed by atoms with Crippen molar-refractivity contribution in [2.75, 3.05) is 20.3 Å². The lowest BCUT2D eigenvalue weighted by atomic mass is 10.1. The molecule has 0 amide bonds. The molecule has 0 aromatic carbocycles. The molecule has 6 heteroatoms. The predicted octanol–water partition coefficient (Wildman–Crippen LogP) is 1.15. The molecule has 0 aliphatic rings. The van der Waals surface area contributed by atoms with Gasteiger partial charge in [0.05, 0.1) is 12.2 Å². The zero-order chi connectivity index (χ0) is 11.4. The van der Waals surface area contributed by atoms with Gasteiger partial charge in [0.1, 0.15) is 6.61 Å². The van der Waals surface area contributed by atoms with Crippen molar-refractivity contribution < 1.29 is 28.2 Å². The van der Waals surface area contributed by atoms with Gasteiger partial charge in [-0.25, -0.2) is 4.79 Å². The number of alkyl halides is 2. The Bertz CT molecular complexity index is 204. The van der Waals surface area contributed by atoms with Gasteiger partial charge in [0.2, 0.25) is 0 Å². The van der Waals surface area contributed by atoms with Crippen LogP contribution in [0.4, 0.5) is 8.78 Å². The highest BCUT2D eigenvalue weighted by Crippen LogP contribution is 2.15. The summed E-state index contributed by atoms with van der Waals surface area (Å²) < 4.78 is 34.4. The number of hydrogen-bond donors (Lipinski definition) is 1. The molecule has 0 rings (SSSR count). The number of aliphatic carboxylic acids is 1. The van der Waals surface area contributed by atoms with Crippen LogP contribution in [0.5, 0.6) is 0 Å². The molecule has 0 spiro atoms. The van der Waals surface area contributed by atoms with Crippen LogP contribution in [0.25, 0.3) is 0 Å². The highest BCUT2D eigenvalue weighted by Gasteiger charge is 2.39. The topological polar surface area (TPSA) is 55.8 Å². The van der Waals surface area contributed by atoms with Gasteiger partial charge in [-0.1, -0.05) is 0 Å². The molecule has 84 valence electrons. The molecule has 0 saturated heterocycles. The quantitative estimate of drug-likeness (QED) is 0.717. The van der Waals surface area contributed by atoms with Crippen LogP contribution >= 0.6 is 0 Å². The first-order valence-electron chi connectivity index (χ1n) is 3.95. The summed E-state index contributed by atoms with van der Waals surface area (Å²) in [6.45, 7) is 2.05. The summed E-state index contributed by atoms with van der Waals surface area (Å²) >= 11 is 0. The van der Waals surface area contributed by atoms with Gasteiger partial charge in [0.15, 0.2) is 0 Å². The molecule has 1 N–H and O–H groups in total. The number of methoxy groups -OCH3 is 1. The first kappa shape index (κ1) is 13.2. The van der Waals surface area contributed by atoms with E-state index < -0.39 is 24.1 Å². The minimum Gasteiger partial charge on any atom is -0.477 e. The summed E-state index contributed by atoms with van der Waals surface area (Å²) in [7, 11) is 1.42. The average molecular weight is 212 g/mol. The van der Waals surface area contributed by atoms with Crippen LogP contribution in [0.15, 0.2) is 0 Å². The molecule has 0 aromatic heterocycles. The van der Waals surface area contributed by atoms with Crippen LogP contribution in [0.3, 0.4) is 0 Å².